The lowest BCUT2D eigenvalue weighted by Crippen LogP contribution is -2.09. The van der Waals surface area contributed by atoms with Gasteiger partial charge in [-0.05, 0) is 30.7 Å². The molecule has 0 saturated heterocycles. The van der Waals surface area contributed by atoms with E-state index in [1.165, 1.54) is 12.1 Å². The van der Waals surface area contributed by atoms with E-state index in [-0.39, 0.29) is 24.6 Å². The predicted octanol–water partition coefficient (Wildman–Crippen LogP) is 2.56. The summed E-state index contributed by atoms with van der Waals surface area (Å²) in [6.07, 6.45) is 0. The van der Waals surface area contributed by atoms with Crippen LogP contribution in [0, 0.1) is 5.82 Å². The van der Waals surface area contributed by atoms with Crippen molar-refractivity contribution in [1.82, 2.24) is 4.98 Å². The second-order valence-electron chi connectivity index (χ2n) is 4.09. The second kappa shape index (κ2) is 6.25. The molecule has 0 saturated carbocycles. The number of pyridine rings is 1. The second-order valence-corrected chi connectivity index (χ2v) is 4.09. The van der Waals surface area contributed by atoms with E-state index in [9.17, 15) is 14.3 Å². The zero-order chi connectivity index (χ0) is 14.5. The molecule has 0 radical (unpaired) electrons. The summed E-state index contributed by atoms with van der Waals surface area (Å²) < 4.78 is 18.7. The normalized spacial score (nSPS) is 10.3. The quantitative estimate of drug-likeness (QED) is 0.871. The molecule has 1 aromatic heterocycles. The molecule has 104 valence electrons. The molecular formula is C15H14FNO3. The lowest BCUT2D eigenvalue weighted by molar-refractivity contribution is 0.0519. The van der Waals surface area contributed by atoms with Crippen molar-refractivity contribution in [2.75, 3.05) is 6.61 Å². The van der Waals surface area contributed by atoms with Crippen LogP contribution in [0.4, 0.5) is 4.39 Å². The molecular weight excluding hydrogens is 261 g/mol. The topological polar surface area (TPSA) is 59.4 Å². The summed E-state index contributed by atoms with van der Waals surface area (Å²) in [5, 5.41) is 9.21. The third-order valence-electron chi connectivity index (χ3n) is 2.71. The third kappa shape index (κ3) is 3.00. The van der Waals surface area contributed by atoms with Crippen molar-refractivity contribution in [2.24, 2.45) is 0 Å². The zero-order valence-corrected chi connectivity index (χ0v) is 11.0. The van der Waals surface area contributed by atoms with Gasteiger partial charge < -0.3 is 9.84 Å². The summed E-state index contributed by atoms with van der Waals surface area (Å²) >= 11 is 0. The number of halogens is 1. The predicted molar refractivity (Wildman–Crippen MR) is 71.5 cm³/mol. The lowest BCUT2D eigenvalue weighted by Gasteiger charge is -2.08. The van der Waals surface area contributed by atoms with E-state index in [4.69, 9.17) is 4.74 Å². The highest BCUT2D eigenvalue weighted by Gasteiger charge is 2.13. The Balaban J connectivity index is 2.51. The molecule has 20 heavy (non-hydrogen) atoms. The van der Waals surface area contributed by atoms with Crippen LogP contribution in [0.25, 0.3) is 11.1 Å². The molecule has 0 aliphatic rings. The molecule has 0 spiro atoms. The maximum Gasteiger partial charge on any atom is 0.356 e. The van der Waals surface area contributed by atoms with Gasteiger partial charge in [0.1, 0.15) is 11.5 Å². The van der Waals surface area contributed by atoms with Gasteiger partial charge in [0.15, 0.2) is 0 Å². The number of carbonyl (C=O) groups is 1. The molecule has 0 bridgehead atoms. The van der Waals surface area contributed by atoms with Gasteiger partial charge in [-0.3, -0.25) is 0 Å². The first kappa shape index (κ1) is 14.1. The summed E-state index contributed by atoms with van der Waals surface area (Å²) in [4.78, 5) is 15.7. The van der Waals surface area contributed by atoms with Gasteiger partial charge in [-0.25, -0.2) is 14.2 Å². The van der Waals surface area contributed by atoms with E-state index in [0.717, 1.165) is 0 Å². The van der Waals surface area contributed by atoms with Crippen molar-refractivity contribution >= 4 is 5.97 Å². The Bertz CT molecular complexity index is 628. The molecule has 0 aliphatic heterocycles. The van der Waals surface area contributed by atoms with Crippen LogP contribution < -0.4 is 0 Å². The van der Waals surface area contributed by atoms with Gasteiger partial charge in [0.2, 0.25) is 0 Å². The van der Waals surface area contributed by atoms with Crippen LogP contribution in [0.1, 0.15) is 23.1 Å². The van der Waals surface area contributed by atoms with E-state index in [1.54, 1.807) is 31.2 Å². The Morgan fingerprint density at radius 3 is 2.75 bits per heavy atom. The van der Waals surface area contributed by atoms with Crippen LogP contribution in [0.2, 0.25) is 0 Å². The first-order chi connectivity index (χ1) is 9.65. The minimum atomic E-state index is -0.597. The van der Waals surface area contributed by atoms with Gasteiger partial charge in [0.25, 0.3) is 0 Å². The lowest BCUT2D eigenvalue weighted by atomic mass is 10.0. The highest BCUT2D eigenvalue weighted by Crippen LogP contribution is 2.24. The first-order valence-corrected chi connectivity index (χ1v) is 6.19. The Labute approximate surface area is 115 Å². The minimum absolute atomic E-state index is 0.0525. The third-order valence-corrected chi connectivity index (χ3v) is 2.71. The average molecular weight is 275 g/mol. The van der Waals surface area contributed by atoms with Crippen LogP contribution >= 0.6 is 0 Å². The molecule has 2 aromatic rings. The standard InChI is InChI=1S/C15H14FNO3/c1-2-20-15(19)14-8-10(7-11(9-18)17-14)12-5-3-4-6-13(12)16/h3-8,18H,2,9H2,1H3. The molecule has 0 unspecified atom stereocenters. The summed E-state index contributed by atoms with van der Waals surface area (Å²) in [6, 6.07) is 9.20. The summed E-state index contributed by atoms with van der Waals surface area (Å²) in [5.74, 6) is -1.00. The van der Waals surface area contributed by atoms with Gasteiger partial charge in [0, 0.05) is 5.56 Å². The van der Waals surface area contributed by atoms with Crippen molar-refractivity contribution in [3.63, 3.8) is 0 Å². The molecule has 0 fully saturated rings. The van der Waals surface area contributed by atoms with Gasteiger partial charge in [-0.15, -0.1) is 0 Å². The van der Waals surface area contributed by atoms with Crippen molar-refractivity contribution in [3.8, 4) is 11.1 Å². The fourth-order valence-corrected chi connectivity index (χ4v) is 1.83. The molecule has 5 heteroatoms. The smallest absolute Gasteiger partial charge is 0.356 e. The monoisotopic (exact) mass is 275 g/mol. The molecule has 1 aromatic carbocycles. The highest BCUT2D eigenvalue weighted by atomic mass is 19.1. The minimum Gasteiger partial charge on any atom is -0.461 e. The number of ether oxygens (including phenoxy) is 1. The number of aromatic nitrogens is 1. The van der Waals surface area contributed by atoms with E-state index in [2.05, 4.69) is 4.98 Å². The molecule has 1 heterocycles. The van der Waals surface area contributed by atoms with Crippen LogP contribution in [0.15, 0.2) is 36.4 Å². The average Bonchev–Trinajstić information content (AvgIpc) is 2.47. The van der Waals surface area contributed by atoms with E-state index < -0.39 is 11.8 Å². The molecule has 4 nitrogen and oxygen atoms in total. The largest absolute Gasteiger partial charge is 0.461 e. The van der Waals surface area contributed by atoms with Crippen LogP contribution in [-0.4, -0.2) is 22.7 Å². The molecule has 0 aliphatic carbocycles. The molecule has 0 amide bonds. The maximum absolute atomic E-state index is 13.8. The number of aliphatic hydroxyl groups excluding tert-OH is 1. The highest BCUT2D eigenvalue weighted by molar-refractivity contribution is 5.89. The van der Waals surface area contributed by atoms with Gasteiger partial charge in [-0.1, -0.05) is 18.2 Å². The SMILES string of the molecule is CCOC(=O)c1cc(-c2ccccc2F)cc(CO)n1. The van der Waals surface area contributed by atoms with Crippen molar-refractivity contribution in [2.45, 2.75) is 13.5 Å². The van der Waals surface area contributed by atoms with Gasteiger partial charge >= 0.3 is 5.97 Å². The van der Waals surface area contributed by atoms with Gasteiger partial charge in [-0.2, -0.15) is 0 Å². The number of hydrogen-bond donors (Lipinski definition) is 1. The van der Waals surface area contributed by atoms with Gasteiger partial charge in [0.05, 0.1) is 18.9 Å². The van der Waals surface area contributed by atoms with E-state index in [1.807, 2.05) is 0 Å². The van der Waals surface area contributed by atoms with Crippen LogP contribution in [0.3, 0.4) is 0 Å². The molecule has 2 rings (SSSR count). The number of hydrogen-bond acceptors (Lipinski definition) is 4. The Kier molecular flexibility index (Phi) is 4.42. The number of benzene rings is 1. The van der Waals surface area contributed by atoms with Crippen molar-refractivity contribution < 1.29 is 19.0 Å². The summed E-state index contributed by atoms with van der Waals surface area (Å²) in [6.45, 7) is 1.57. The van der Waals surface area contributed by atoms with Crippen molar-refractivity contribution in [1.29, 1.82) is 0 Å². The number of rotatable bonds is 4. The summed E-state index contributed by atoms with van der Waals surface area (Å²) in [7, 11) is 0. The number of aliphatic hydroxyl groups is 1. The maximum atomic E-state index is 13.8. The Hall–Kier alpha value is -2.27. The molecule has 0 atom stereocenters. The number of nitrogens with zero attached hydrogens (tertiary/aromatic N) is 1. The number of carbonyl (C=O) groups excluding carboxylic acids is 1. The summed E-state index contributed by atoms with van der Waals surface area (Å²) in [5.41, 5.74) is 1.16. The van der Waals surface area contributed by atoms with Crippen LogP contribution in [-0.2, 0) is 11.3 Å². The van der Waals surface area contributed by atoms with Crippen molar-refractivity contribution in [3.05, 3.63) is 53.6 Å². The fraction of sp³-hybridized carbons (Fsp3) is 0.200. The van der Waals surface area contributed by atoms with Crippen LogP contribution in [0.5, 0.6) is 0 Å². The number of esters is 1. The first-order valence-electron chi connectivity index (χ1n) is 6.19. The van der Waals surface area contributed by atoms with E-state index >= 15 is 0 Å². The fourth-order valence-electron chi connectivity index (χ4n) is 1.83. The molecule has 1 N–H and O–H groups in total. The van der Waals surface area contributed by atoms with E-state index in [0.29, 0.717) is 11.1 Å². The Morgan fingerprint density at radius 1 is 1.35 bits per heavy atom. The Morgan fingerprint density at radius 2 is 2.10 bits per heavy atom. The zero-order valence-electron chi connectivity index (χ0n) is 11.0.